The summed E-state index contributed by atoms with van der Waals surface area (Å²) >= 11 is 3.26. The van der Waals surface area contributed by atoms with Crippen molar-refractivity contribution in [2.75, 3.05) is 0 Å². The lowest BCUT2D eigenvalue weighted by atomic mass is 10.2. The molecule has 5 nitrogen and oxygen atoms in total. The molecule has 0 aliphatic rings. The van der Waals surface area contributed by atoms with E-state index in [0.717, 1.165) is 9.04 Å². The van der Waals surface area contributed by atoms with E-state index in [9.17, 15) is 14.4 Å². The van der Waals surface area contributed by atoms with Gasteiger partial charge in [-0.05, 0) is 25.1 Å². The molecule has 2 aromatic rings. The number of ketones is 1. The number of benzene rings is 1. The van der Waals surface area contributed by atoms with Crippen LogP contribution in [0.2, 0.25) is 0 Å². The van der Waals surface area contributed by atoms with Gasteiger partial charge in [-0.25, -0.2) is 4.79 Å². The number of nitrogens with zero attached hydrogens (tertiary/aromatic N) is 1. The Kier molecular flexibility index (Phi) is 2.97. The predicted molar refractivity (Wildman–Crippen MR) is 67.2 cm³/mol. The molecular weight excluding hydrogens is 288 g/mol. The van der Waals surface area contributed by atoms with E-state index in [2.05, 4.69) is 20.9 Å². The quantitative estimate of drug-likeness (QED) is 0.900. The summed E-state index contributed by atoms with van der Waals surface area (Å²) in [4.78, 5) is 37.2. The van der Waals surface area contributed by atoms with Gasteiger partial charge in [-0.15, -0.1) is 0 Å². The van der Waals surface area contributed by atoms with Gasteiger partial charge in [0.1, 0.15) is 5.78 Å². The molecule has 0 aliphatic heterocycles. The van der Waals surface area contributed by atoms with E-state index >= 15 is 0 Å². The highest BCUT2D eigenvalue weighted by molar-refractivity contribution is 9.10. The molecule has 0 radical (unpaired) electrons. The van der Waals surface area contributed by atoms with Crippen molar-refractivity contribution < 1.29 is 4.79 Å². The highest BCUT2D eigenvalue weighted by Crippen LogP contribution is 2.14. The van der Waals surface area contributed by atoms with E-state index in [-0.39, 0.29) is 12.3 Å². The molecule has 0 saturated heterocycles. The number of halogens is 1. The Labute approximate surface area is 104 Å². The van der Waals surface area contributed by atoms with Crippen molar-refractivity contribution >= 4 is 32.6 Å². The molecule has 1 aromatic heterocycles. The lowest BCUT2D eigenvalue weighted by molar-refractivity contribution is -0.117. The molecule has 0 bridgehead atoms. The number of carbonyl (C=O) groups excluding carboxylic acids is 1. The Morgan fingerprint density at radius 3 is 2.76 bits per heavy atom. The van der Waals surface area contributed by atoms with Crippen molar-refractivity contribution in [1.82, 2.24) is 9.55 Å². The summed E-state index contributed by atoms with van der Waals surface area (Å²) in [5, 5.41) is 0.383. The molecule has 1 N–H and O–H groups in total. The third-order valence-electron chi connectivity index (χ3n) is 2.32. The largest absolute Gasteiger partial charge is 0.329 e. The number of Topliss-reactive ketones (excluding diaryl/α,β-unsaturated/α-hetero) is 1. The average molecular weight is 297 g/mol. The van der Waals surface area contributed by atoms with E-state index in [0.29, 0.717) is 10.9 Å². The normalized spacial score (nSPS) is 10.7. The first-order valence-electron chi connectivity index (χ1n) is 4.91. The third-order valence-corrected chi connectivity index (χ3v) is 2.82. The minimum Gasteiger partial charge on any atom is -0.307 e. The molecule has 0 atom stereocenters. The van der Waals surface area contributed by atoms with Crippen molar-refractivity contribution in [3.05, 3.63) is 43.5 Å². The van der Waals surface area contributed by atoms with Gasteiger partial charge in [-0.1, -0.05) is 15.9 Å². The average Bonchev–Trinajstić information content (AvgIpc) is 2.23. The van der Waals surface area contributed by atoms with Crippen LogP contribution in [-0.4, -0.2) is 15.3 Å². The van der Waals surface area contributed by atoms with Crippen molar-refractivity contribution in [3.63, 3.8) is 0 Å². The maximum atomic E-state index is 12.0. The number of carbonyl (C=O) groups is 1. The molecule has 0 unspecified atom stereocenters. The molecule has 1 heterocycles. The van der Waals surface area contributed by atoms with Crippen LogP contribution in [-0.2, 0) is 11.3 Å². The van der Waals surface area contributed by atoms with Gasteiger partial charge in [0, 0.05) is 4.47 Å². The van der Waals surface area contributed by atoms with Crippen molar-refractivity contribution in [2.45, 2.75) is 13.5 Å². The van der Waals surface area contributed by atoms with Crippen LogP contribution < -0.4 is 11.2 Å². The topological polar surface area (TPSA) is 71.9 Å². The van der Waals surface area contributed by atoms with Crippen LogP contribution in [0.1, 0.15) is 6.92 Å². The maximum Gasteiger partial charge on any atom is 0.329 e. The Balaban J connectivity index is 2.81. The van der Waals surface area contributed by atoms with Gasteiger partial charge in [-0.3, -0.25) is 14.2 Å². The van der Waals surface area contributed by atoms with Gasteiger partial charge in [0.15, 0.2) is 0 Å². The maximum absolute atomic E-state index is 12.0. The van der Waals surface area contributed by atoms with Crippen molar-refractivity contribution in [2.24, 2.45) is 0 Å². The molecule has 2 rings (SSSR count). The molecule has 1 aromatic carbocycles. The summed E-state index contributed by atoms with van der Waals surface area (Å²) in [5.74, 6) is -0.242. The number of aromatic nitrogens is 2. The Morgan fingerprint density at radius 2 is 2.12 bits per heavy atom. The zero-order chi connectivity index (χ0) is 12.6. The lowest BCUT2D eigenvalue weighted by Gasteiger charge is -2.04. The number of H-pyrrole nitrogens is 1. The molecule has 0 aliphatic carbocycles. The van der Waals surface area contributed by atoms with Crippen molar-refractivity contribution in [3.8, 4) is 0 Å². The van der Waals surface area contributed by atoms with Crippen LogP contribution >= 0.6 is 15.9 Å². The second-order valence-electron chi connectivity index (χ2n) is 3.71. The summed E-state index contributed by atoms with van der Waals surface area (Å²) in [7, 11) is 0. The summed E-state index contributed by atoms with van der Waals surface area (Å²) in [6.07, 6.45) is 0. The second-order valence-corrected chi connectivity index (χ2v) is 4.63. The zero-order valence-corrected chi connectivity index (χ0v) is 10.6. The van der Waals surface area contributed by atoms with E-state index in [4.69, 9.17) is 0 Å². The van der Waals surface area contributed by atoms with Crippen LogP contribution in [0.5, 0.6) is 0 Å². The SMILES string of the molecule is CC(=O)Cn1c(=O)[nH]c2cc(Br)ccc2c1=O. The minimum absolute atomic E-state index is 0.208. The predicted octanol–water partition coefficient (Wildman–Crippen LogP) is 1.04. The van der Waals surface area contributed by atoms with Crippen LogP contribution in [0.4, 0.5) is 0 Å². The third kappa shape index (κ3) is 2.21. The van der Waals surface area contributed by atoms with E-state index < -0.39 is 11.2 Å². The van der Waals surface area contributed by atoms with E-state index in [1.54, 1.807) is 18.2 Å². The highest BCUT2D eigenvalue weighted by Gasteiger charge is 2.08. The zero-order valence-electron chi connectivity index (χ0n) is 8.99. The van der Waals surface area contributed by atoms with Gasteiger partial charge in [-0.2, -0.15) is 0 Å². The smallest absolute Gasteiger partial charge is 0.307 e. The number of aromatic amines is 1. The minimum atomic E-state index is -0.573. The number of rotatable bonds is 2. The standard InChI is InChI=1S/C11H9BrN2O3/c1-6(15)5-14-10(16)8-3-2-7(12)4-9(8)13-11(14)17/h2-4H,5H2,1H3,(H,13,17). The number of fused-ring (bicyclic) bond motifs is 1. The van der Waals surface area contributed by atoms with Crippen LogP contribution in [0.15, 0.2) is 32.3 Å². The molecular formula is C11H9BrN2O3. The molecule has 6 heteroatoms. The number of hydrogen-bond donors (Lipinski definition) is 1. The summed E-state index contributed by atoms with van der Waals surface area (Å²) in [5.41, 5.74) is -0.573. The fourth-order valence-corrected chi connectivity index (χ4v) is 1.95. The second kappa shape index (κ2) is 4.29. The van der Waals surface area contributed by atoms with Gasteiger partial charge < -0.3 is 4.98 Å². The monoisotopic (exact) mass is 296 g/mol. The lowest BCUT2D eigenvalue weighted by Crippen LogP contribution is -2.36. The molecule has 0 amide bonds. The van der Waals surface area contributed by atoms with Crippen molar-refractivity contribution in [1.29, 1.82) is 0 Å². The van der Waals surface area contributed by atoms with Crippen LogP contribution in [0.3, 0.4) is 0 Å². The Hall–Kier alpha value is -1.69. The summed E-state index contributed by atoms with van der Waals surface area (Å²) in [6, 6.07) is 4.96. The van der Waals surface area contributed by atoms with Gasteiger partial charge in [0.05, 0.1) is 17.4 Å². The molecule has 0 saturated carbocycles. The first-order valence-corrected chi connectivity index (χ1v) is 5.70. The van der Waals surface area contributed by atoms with Gasteiger partial charge in [0.2, 0.25) is 0 Å². The Bertz CT molecular complexity index is 715. The van der Waals surface area contributed by atoms with Crippen LogP contribution in [0, 0.1) is 0 Å². The fourth-order valence-electron chi connectivity index (χ4n) is 1.59. The number of hydrogen-bond acceptors (Lipinski definition) is 3. The molecule has 88 valence electrons. The molecule has 0 spiro atoms. The van der Waals surface area contributed by atoms with E-state index in [1.807, 2.05) is 0 Å². The fraction of sp³-hybridized carbons (Fsp3) is 0.182. The highest BCUT2D eigenvalue weighted by atomic mass is 79.9. The van der Waals surface area contributed by atoms with E-state index in [1.165, 1.54) is 6.92 Å². The van der Waals surface area contributed by atoms with Gasteiger partial charge in [0.25, 0.3) is 5.56 Å². The first kappa shape index (κ1) is 11.8. The Morgan fingerprint density at radius 1 is 1.41 bits per heavy atom. The molecule has 0 fully saturated rings. The molecule has 17 heavy (non-hydrogen) atoms. The summed E-state index contributed by atoms with van der Waals surface area (Å²) in [6.45, 7) is 1.12. The summed E-state index contributed by atoms with van der Waals surface area (Å²) < 4.78 is 1.67. The van der Waals surface area contributed by atoms with Gasteiger partial charge >= 0.3 is 5.69 Å². The van der Waals surface area contributed by atoms with Crippen LogP contribution in [0.25, 0.3) is 10.9 Å². The number of nitrogens with one attached hydrogen (secondary N) is 1. The first-order chi connectivity index (χ1) is 7.99.